The van der Waals surface area contributed by atoms with E-state index < -0.39 is 13.7 Å². The van der Waals surface area contributed by atoms with Gasteiger partial charge in [-0.05, 0) is 39.2 Å². The van der Waals surface area contributed by atoms with E-state index in [0.29, 0.717) is 10.9 Å². The molecule has 2 nitrogen and oxygen atoms in total. The Kier molecular flexibility index (Phi) is 2.60. The highest BCUT2D eigenvalue weighted by molar-refractivity contribution is 7.27. The van der Waals surface area contributed by atoms with Crippen molar-refractivity contribution >= 4 is 42.4 Å². The summed E-state index contributed by atoms with van der Waals surface area (Å²) >= 11 is 1.54. The molecule has 0 unspecified atom stereocenters. The average Bonchev–Trinajstić information content (AvgIpc) is 3.11. The second kappa shape index (κ2) is 6.11. The van der Waals surface area contributed by atoms with Crippen LogP contribution in [-0.4, -0.2) is 4.98 Å². The highest BCUT2D eigenvalue weighted by Crippen LogP contribution is 2.42. The first kappa shape index (κ1) is 11.9. The van der Waals surface area contributed by atoms with Gasteiger partial charge in [0.2, 0.25) is 5.69 Å². The largest absolute Gasteiger partial charge is 0.251 e. The maximum atomic E-state index is 8.23. The topological polar surface area (TPSA) is 16.8 Å². The molecule has 0 aliphatic heterocycles. The summed E-state index contributed by atoms with van der Waals surface area (Å²) in [6.45, 7) is -0.672. The molecule has 2 aromatic carbocycles. The predicted molar refractivity (Wildman–Crippen MR) is 120 cm³/mol. The molecule has 0 spiro atoms. The van der Waals surface area contributed by atoms with Gasteiger partial charge in [-0.2, -0.15) is 4.57 Å². The number of rotatable bonds is 1. The maximum absolute atomic E-state index is 8.23. The van der Waals surface area contributed by atoms with E-state index >= 15 is 0 Å². The quantitative estimate of drug-likeness (QED) is 0.306. The van der Waals surface area contributed by atoms with E-state index in [4.69, 9.17) is 13.2 Å². The van der Waals surface area contributed by atoms with Gasteiger partial charge >= 0.3 is 0 Å². The van der Waals surface area contributed by atoms with Crippen LogP contribution in [0.3, 0.4) is 0 Å². The van der Waals surface area contributed by atoms with Crippen LogP contribution in [0.4, 0.5) is 0 Å². The zero-order valence-electron chi connectivity index (χ0n) is 21.9. The summed E-state index contributed by atoms with van der Waals surface area (Å²) in [5, 5.41) is 2.73. The molecule has 3 heterocycles. The van der Waals surface area contributed by atoms with Gasteiger partial charge in [0.25, 0.3) is 0 Å². The minimum atomic E-state index is -2.32. The Morgan fingerprint density at radius 2 is 1.79 bits per heavy atom. The second-order valence-corrected chi connectivity index (χ2v) is 8.28. The summed E-state index contributed by atoms with van der Waals surface area (Å²) in [5.74, 6) is 0. The molecule has 5 aromatic rings. The van der Waals surface area contributed by atoms with Crippen LogP contribution < -0.4 is 4.57 Å². The number of thiophene rings is 1. The summed E-state index contributed by atoms with van der Waals surface area (Å²) < 4.78 is 51.5. The van der Waals surface area contributed by atoms with Crippen LogP contribution in [-0.2, 0) is 7.05 Å². The maximum Gasteiger partial charge on any atom is 0.230 e. The third-order valence-electron chi connectivity index (χ3n) is 5.37. The molecule has 0 aliphatic carbocycles. The summed E-state index contributed by atoms with van der Waals surface area (Å²) in [6, 6.07) is 13.2. The molecule has 3 aromatic heterocycles. The van der Waals surface area contributed by atoms with Crippen LogP contribution >= 0.6 is 11.3 Å². The van der Waals surface area contributed by atoms with Gasteiger partial charge in [0.1, 0.15) is 11.7 Å². The minimum absolute atomic E-state index is 0.263. The molecular formula is C25H23N2S+. The van der Waals surface area contributed by atoms with E-state index in [1.807, 2.05) is 55.8 Å². The van der Waals surface area contributed by atoms with Gasteiger partial charge < -0.3 is 0 Å². The van der Waals surface area contributed by atoms with E-state index in [1.54, 1.807) is 18.3 Å². The van der Waals surface area contributed by atoms with Gasteiger partial charge in [-0.1, -0.05) is 42.0 Å². The lowest BCUT2D eigenvalue weighted by Crippen LogP contribution is -2.31. The van der Waals surface area contributed by atoms with Crippen LogP contribution in [0.15, 0.2) is 48.7 Å². The summed E-state index contributed by atoms with van der Waals surface area (Å²) in [5.41, 5.74) is 4.63. The molecule has 28 heavy (non-hydrogen) atoms. The van der Waals surface area contributed by atoms with Gasteiger partial charge in [-0.25, -0.2) is 0 Å². The van der Waals surface area contributed by atoms with Crippen molar-refractivity contribution < 1.29 is 12.8 Å². The number of nitrogens with zero attached hydrogens (tertiary/aromatic N) is 2. The highest BCUT2D eigenvalue weighted by atomic mass is 32.1. The lowest BCUT2D eigenvalue weighted by atomic mass is 10.00. The van der Waals surface area contributed by atoms with Crippen molar-refractivity contribution in [1.82, 2.24) is 4.98 Å². The number of fused-ring (bicyclic) bond motifs is 5. The average molecular weight is 390 g/mol. The molecule has 138 valence electrons. The molecule has 0 saturated carbocycles. The fourth-order valence-electron chi connectivity index (χ4n) is 4.08. The summed E-state index contributed by atoms with van der Waals surface area (Å²) in [4.78, 5) is 4.88. The molecule has 5 rings (SSSR count). The van der Waals surface area contributed by atoms with Crippen LogP contribution in [0, 0.1) is 27.6 Å². The van der Waals surface area contributed by atoms with E-state index in [-0.39, 0.29) is 11.1 Å². The normalized spacial score (nSPS) is 15.8. The Morgan fingerprint density at radius 3 is 2.54 bits per heavy atom. The van der Waals surface area contributed by atoms with Crippen molar-refractivity contribution in [2.45, 2.75) is 27.6 Å². The Labute approximate surface area is 177 Å². The van der Waals surface area contributed by atoms with Crippen LogP contribution in [0.5, 0.6) is 0 Å². The van der Waals surface area contributed by atoms with Crippen LogP contribution in [0.25, 0.3) is 42.3 Å². The highest BCUT2D eigenvalue weighted by Gasteiger charge is 2.24. The number of aromatic nitrogens is 2. The zero-order valence-corrected chi connectivity index (χ0v) is 16.7. The van der Waals surface area contributed by atoms with E-state index in [1.165, 1.54) is 11.3 Å². The SMILES string of the molecule is [2H]C([2H])([2H])c1ccc(-c2c3sc4c5ccccc5c(C)nc4c3c(C([2H])([2H])[2H])c[n+]2C)c(C)c1. The Hall–Kier alpha value is -2.78. The van der Waals surface area contributed by atoms with E-state index in [2.05, 4.69) is 0 Å². The number of hydrogen-bond acceptors (Lipinski definition) is 2. The molecule has 0 saturated heterocycles. The van der Waals surface area contributed by atoms with E-state index in [0.717, 1.165) is 42.7 Å². The molecule has 0 atom stereocenters. The van der Waals surface area contributed by atoms with Crippen molar-refractivity contribution in [3.63, 3.8) is 0 Å². The molecule has 0 aliphatic rings. The van der Waals surface area contributed by atoms with Crippen molar-refractivity contribution in [2.24, 2.45) is 7.05 Å². The molecule has 0 N–H and O–H groups in total. The Bertz CT molecular complexity index is 1610. The fraction of sp³-hybridized carbons (Fsp3) is 0.200. The van der Waals surface area contributed by atoms with Gasteiger partial charge in [-0.3, -0.25) is 4.98 Å². The summed E-state index contributed by atoms with van der Waals surface area (Å²) in [7, 11) is 1.84. The van der Waals surface area contributed by atoms with Crippen molar-refractivity contribution in [3.8, 4) is 11.3 Å². The van der Waals surface area contributed by atoms with Crippen LogP contribution in [0.2, 0.25) is 0 Å². The van der Waals surface area contributed by atoms with Gasteiger partial charge in [0, 0.05) is 35.6 Å². The van der Waals surface area contributed by atoms with E-state index in [9.17, 15) is 0 Å². The minimum Gasteiger partial charge on any atom is -0.251 e. The zero-order chi connectivity index (χ0) is 24.6. The predicted octanol–water partition coefficient (Wildman–Crippen LogP) is 6.33. The van der Waals surface area contributed by atoms with Crippen LogP contribution in [0.1, 0.15) is 30.6 Å². The Morgan fingerprint density at radius 1 is 0.964 bits per heavy atom. The third kappa shape index (κ3) is 2.39. The molecule has 3 heteroatoms. The molecule has 0 bridgehead atoms. The Balaban J connectivity index is 1.96. The van der Waals surface area contributed by atoms with Crippen molar-refractivity contribution in [2.75, 3.05) is 0 Å². The first-order valence-electron chi connectivity index (χ1n) is 12.1. The first-order chi connectivity index (χ1) is 15.9. The number of aryl methyl sites for hydroxylation is 5. The molecular weight excluding hydrogens is 360 g/mol. The lowest BCUT2D eigenvalue weighted by Gasteiger charge is -2.08. The van der Waals surface area contributed by atoms with Gasteiger partial charge in [-0.15, -0.1) is 11.3 Å². The monoisotopic (exact) mass is 389 g/mol. The summed E-state index contributed by atoms with van der Waals surface area (Å²) in [6.07, 6.45) is 1.67. The van der Waals surface area contributed by atoms with Crippen molar-refractivity contribution in [1.29, 1.82) is 0 Å². The first-order valence-corrected chi connectivity index (χ1v) is 9.96. The molecule has 0 amide bonds. The van der Waals surface area contributed by atoms with Gasteiger partial charge in [0.15, 0.2) is 6.20 Å². The second-order valence-electron chi connectivity index (χ2n) is 7.26. The smallest absolute Gasteiger partial charge is 0.230 e. The standard InChI is InChI=1S/C25H23N2S/c1-14-10-11-18(15(2)12-14)23-25-21(16(3)13-27(23)5)22-24(28-25)20-9-7-6-8-19(20)17(4)26-22/h6-13H,1-5H3/q+1/i1D3,3D3. The lowest BCUT2D eigenvalue weighted by molar-refractivity contribution is -0.659. The number of hydrogen-bond donors (Lipinski definition) is 0. The van der Waals surface area contributed by atoms with Gasteiger partial charge in [0.05, 0.1) is 15.8 Å². The third-order valence-corrected chi connectivity index (χ3v) is 6.58. The number of pyridine rings is 2. The number of benzene rings is 2. The molecule has 0 fully saturated rings. The molecule has 0 radical (unpaired) electrons. The van der Waals surface area contributed by atoms with Crippen molar-refractivity contribution in [3.05, 3.63) is 71.0 Å². The fourth-order valence-corrected chi connectivity index (χ4v) is 5.47.